The van der Waals surface area contributed by atoms with Gasteiger partial charge in [-0.3, -0.25) is 0 Å². The zero-order valence-corrected chi connectivity index (χ0v) is 11.1. The van der Waals surface area contributed by atoms with Gasteiger partial charge in [-0.25, -0.2) is 15.8 Å². The largest absolute Gasteiger partial charge is 0.308 e. The number of benzene rings is 1. The molecule has 1 aromatic heterocycles. The maximum Gasteiger partial charge on any atom is 0.143 e. The van der Waals surface area contributed by atoms with Crippen molar-refractivity contribution in [2.45, 2.75) is 31.6 Å². The molecule has 3 N–H and O–H groups in total. The number of nitrogens with zero attached hydrogens (tertiary/aromatic N) is 2. The topological polar surface area (TPSA) is 63.8 Å². The van der Waals surface area contributed by atoms with Crippen molar-refractivity contribution in [1.29, 1.82) is 0 Å². The van der Waals surface area contributed by atoms with Crippen molar-refractivity contribution in [2.24, 2.45) is 5.84 Å². The van der Waals surface area contributed by atoms with Crippen molar-refractivity contribution in [3.63, 3.8) is 0 Å². The first kappa shape index (κ1) is 12.1. The lowest BCUT2D eigenvalue weighted by Gasteiger charge is -2.16. The first-order valence-corrected chi connectivity index (χ1v) is 6.69. The van der Waals surface area contributed by atoms with Crippen LogP contribution in [0.1, 0.15) is 36.8 Å². The van der Waals surface area contributed by atoms with E-state index in [1.54, 1.807) is 0 Å². The summed E-state index contributed by atoms with van der Waals surface area (Å²) in [6, 6.07) is 12.4. The third-order valence-corrected chi connectivity index (χ3v) is 3.79. The summed E-state index contributed by atoms with van der Waals surface area (Å²) in [6.07, 6.45) is 3.09. The van der Waals surface area contributed by atoms with Gasteiger partial charge in [-0.2, -0.15) is 0 Å². The molecule has 1 saturated carbocycles. The van der Waals surface area contributed by atoms with Crippen molar-refractivity contribution >= 4 is 5.82 Å². The van der Waals surface area contributed by atoms with Gasteiger partial charge >= 0.3 is 0 Å². The highest BCUT2D eigenvalue weighted by Gasteiger charge is 2.48. The standard InChI is InChI=1S/C15H18N4/c1-2-12-10-13(19-16)18-14(17-12)15(8-9-15)11-6-4-3-5-7-11/h3-7,10H,2,8-9,16H2,1H3,(H,17,18,19). The smallest absolute Gasteiger partial charge is 0.143 e. The summed E-state index contributed by atoms with van der Waals surface area (Å²) in [7, 11) is 0. The first-order chi connectivity index (χ1) is 9.28. The molecule has 0 aliphatic heterocycles. The Morgan fingerprint density at radius 3 is 2.53 bits per heavy atom. The summed E-state index contributed by atoms with van der Waals surface area (Å²) in [4.78, 5) is 9.27. The number of hydrazine groups is 1. The quantitative estimate of drug-likeness (QED) is 0.649. The average Bonchev–Trinajstić information content (AvgIpc) is 3.29. The predicted molar refractivity (Wildman–Crippen MR) is 75.7 cm³/mol. The van der Waals surface area contributed by atoms with Crippen LogP contribution in [0.2, 0.25) is 0 Å². The number of aromatic nitrogens is 2. The van der Waals surface area contributed by atoms with Gasteiger partial charge in [0.1, 0.15) is 11.6 Å². The lowest BCUT2D eigenvalue weighted by molar-refractivity contribution is 0.741. The molecule has 4 heteroatoms. The first-order valence-electron chi connectivity index (χ1n) is 6.69. The Bertz CT molecular complexity index is 554. The Morgan fingerprint density at radius 1 is 1.21 bits per heavy atom. The maximum absolute atomic E-state index is 5.50. The molecule has 0 radical (unpaired) electrons. The Balaban J connectivity index is 2.07. The van der Waals surface area contributed by atoms with E-state index in [2.05, 4.69) is 41.6 Å². The fourth-order valence-corrected chi connectivity index (χ4v) is 2.49. The Labute approximate surface area is 113 Å². The zero-order valence-electron chi connectivity index (χ0n) is 11.1. The van der Waals surface area contributed by atoms with Crippen LogP contribution in [0.4, 0.5) is 5.82 Å². The fourth-order valence-electron chi connectivity index (χ4n) is 2.49. The minimum absolute atomic E-state index is 0.00194. The van der Waals surface area contributed by atoms with Crippen molar-refractivity contribution in [3.05, 3.63) is 53.5 Å². The number of hydrogen-bond donors (Lipinski definition) is 2. The normalized spacial score (nSPS) is 16.1. The van der Waals surface area contributed by atoms with Gasteiger partial charge in [0, 0.05) is 11.8 Å². The number of nitrogens with one attached hydrogen (secondary N) is 1. The van der Waals surface area contributed by atoms with Gasteiger partial charge in [-0.05, 0) is 24.8 Å². The summed E-state index contributed by atoms with van der Waals surface area (Å²) in [5.74, 6) is 7.10. The molecule has 1 fully saturated rings. The van der Waals surface area contributed by atoms with Gasteiger partial charge in [0.25, 0.3) is 0 Å². The van der Waals surface area contributed by atoms with E-state index >= 15 is 0 Å². The monoisotopic (exact) mass is 254 g/mol. The van der Waals surface area contributed by atoms with Crippen molar-refractivity contribution in [1.82, 2.24) is 9.97 Å². The Kier molecular flexibility index (Phi) is 2.95. The lowest BCUT2D eigenvalue weighted by atomic mass is 9.95. The molecule has 4 nitrogen and oxygen atoms in total. The number of hydrogen-bond acceptors (Lipinski definition) is 4. The number of nitrogens with two attached hydrogens (primary N) is 1. The molecular weight excluding hydrogens is 236 g/mol. The summed E-state index contributed by atoms with van der Waals surface area (Å²) in [6.45, 7) is 2.09. The summed E-state index contributed by atoms with van der Waals surface area (Å²) < 4.78 is 0. The van der Waals surface area contributed by atoms with Crippen LogP contribution >= 0.6 is 0 Å². The van der Waals surface area contributed by atoms with Crippen LogP contribution < -0.4 is 11.3 Å². The van der Waals surface area contributed by atoms with Crippen molar-refractivity contribution < 1.29 is 0 Å². The SMILES string of the molecule is CCc1cc(NN)nc(C2(c3ccccc3)CC2)n1. The van der Waals surface area contributed by atoms with Crippen molar-refractivity contribution in [3.8, 4) is 0 Å². The lowest BCUT2D eigenvalue weighted by Crippen LogP contribution is -2.18. The van der Waals surface area contributed by atoms with Crippen molar-refractivity contribution in [2.75, 3.05) is 5.43 Å². The summed E-state index contributed by atoms with van der Waals surface area (Å²) >= 11 is 0. The van der Waals surface area contributed by atoms with E-state index in [0.717, 1.165) is 30.8 Å². The molecule has 0 bridgehead atoms. The van der Waals surface area contributed by atoms with Crippen LogP contribution in [0.3, 0.4) is 0 Å². The number of aryl methyl sites for hydroxylation is 1. The molecule has 3 rings (SSSR count). The second kappa shape index (κ2) is 4.63. The van der Waals surface area contributed by atoms with Gasteiger partial charge in [-0.1, -0.05) is 37.3 Å². The van der Waals surface area contributed by atoms with E-state index in [1.807, 2.05) is 12.1 Å². The van der Waals surface area contributed by atoms with E-state index in [9.17, 15) is 0 Å². The van der Waals surface area contributed by atoms with E-state index in [4.69, 9.17) is 10.8 Å². The van der Waals surface area contributed by atoms with Crippen LogP contribution in [-0.2, 0) is 11.8 Å². The molecule has 1 aromatic carbocycles. The number of rotatable bonds is 4. The highest BCUT2D eigenvalue weighted by atomic mass is 15.3. The number of anilines is 1. The van der Waals surface area contributed by atoms with Crippen LogP contribution in [0.5, 0.6) is 0 Å². The highest BCUT2D eigenvalue weighted by Crippen LogP contribution is 2.52. The van der Waals surface area contributed by atoms with E-state index in [1.165, 1.54) is 5.56 Å². The minimum Gasteiger partial charge on any atom is -0.308 e. The summed E-state index contributed by atoms with van der Waals surface area (Å²) in [5, 5.41) is 0. The molecule has 0 amide bonds. The molecule has 0 unspecified atom stereocenters. The molecule has 1 aliphatic rings. The molecule has 1 heterocycles. The molecule has 0 atom stereocenters. The predicted octanol–water partition coefficient (Wildman–Crippen LogP) is 2.40. The molecule has 19 heavy (non-hydrogen) atoms. The van der Waals surface area contributed by atoms with Gasteiger partial charge < -0.3 is 5.43 Å². The van der Waals surface area contributed by atoms with Gasteiger partial charge in [0.15, 0.2) is 0 Å². The number of nitrogen functional groups attached to an aromatic ring is 1. The molecule has 0 saturated heterocycles. The molecule has 1 aliphatic carbocycles. The van der Waals surface area contributed by atoms with Gasteiger partial charge in [-0.15, -0.1) is 0 Å². The molecular formula is C15H18N4. The van der Waals surface area contributed by atoms with Crippen LogP contribution in [0.15, 0.2) is 36.4 Å². The fraction of sp³-hybridized carbons (Fsp3) is 0.333. The van der Waals surface area contributed by atoms with E-state index in [0.29, 0.717) is 5.82 Å². The Hall–Kier alpha value is -1.94. The zero-order chi connectivity index (χ0) is 13.3. The molecule has 0 spiro atoms. The Morgan fingerprint density at radius 2 is 1.95 bits per heavy atom. The molecule has 2 aromatic rings. The van der Waals surface area contributed by atoms with Crippen LogP contribution in [-0.4, -0.2) is 9.97 Å². The third-order valence-electron chi connectivity index (χ3n) is 3.79. The second-order valence-electron chi connectivity index (χ2n) is 5.01. The van der Waals surface area contributed by atoms with Gasteiger partial charge in [0.05, 0.1) is 5.41 Å². The third kappa shape index (κ3) is 2.08. The highest BCUT2D eigenvalue weighted by molar-refractivity contribution is 5.43. The van der Waals surface area contributed by atoms with Crippen LogP contribution in [0, 0.1) is 0 Å². The maximum atomic E-state index is 5.50. The van der Waals surface area contributed by atoms with E-state index in [-0.39, 0.29) is 5.41 Å². The average molecular weight is 254 g/mol. The second-order valence-corrected chi connectivity index (χ2v) is 5.01. The summed E-state index contributed by atoms with van der Waals surface area (Å²) in [5.41, 5.74) is 4.97. The van der Waals surface area contributed by atoms with E-state index < -0.39 is 0 Å². The minimum atomic E-state index is -0.00194. The van der Waals surface area contributed by atoms with Crippen LogP contribution in [0.25, 0.3) is 0 Å². The molecule has 98 valence electrons. The van der Waals surface area contributed by atoms with Gasteiger partial charge in [0.2, 0.25) is 0 Å².